The third-order valence-electron chi connectivity index (χ3n) is 2.66. The minimum absolute atomic E-state index is 0.373. The maximum Gasteiger partial charge on any atom is 0.519 e. The van der Waals surface area contributed by atoms with Crippen LogP contribution in [0.5, 0.6) is 0 Å². The molecule has 6 nitrogen and oxygen atoms in total. The predicted octanol–water partition coefficient (Wildman–Crippen LogP) is 2.02. The Kier molecular flexibility index (Phi) is 8.65. The van der Waals surface area contributed by atoms with E-state index in [1.54, 1.807) is 6.92 Å². The number of hydrogen-bond acceptors (Lipinski definition) is 6. The standard InChI is InChI=1S/C14H31NO5Si/c1-8-12(15)21(17-9-2,18-10-3)20-11(4)13(16)19-14(5,6)7/h11-12H,8-10,15H2,1-7H3. The molecule has 0 rings (SSSR count). The minimum atomic E-state index is -3.12. The second-order valence-electron chi connectivity index (χ2n) is 5.78. The Hall–Kier alpha value is -0.473. The summed E-state index contributed by atoms with van der Waals surface area (Å²) in [5.74, 6) is -0.443. The van der Waals surface area contributed by atoms with Crippen molar-refractivity contribution in [2.45, 2.75) is 72.3 Å². The summed E-state index contributed by atoms with van der Waals surface area (Å²) in [7, 11) is -3.12. The SMILES string of the molecule is CCO[Si](OCC)(OC(C)C(=O)OC(C)(C)C)C(N)CC. The molecule has 0 radical (unpaired) electrons. The summed E-state index contributed by atoms with van der Waals surface area (Å²) >= 11 is 0. The predicted molar refractivity (Wildman–Crippen MR) is 83.7 cm³/mol. The molecule has 2 atom stereocenters. The smallest absolute Gasteiger partial charge is 0.458 e. The lowest BCUT2D eigenvalue weighted by Gasteiger charge is -2.35. The van der Waals surface area contributed by atoms with E-state index in [4.69, 9.17) is 23.7 Å². The van der Waals surface area contributed by atoms with Gasteiger partial charge >= 0.3 is 14.8 Å². The monoisotopic (exact) mass is 321 g/mol. The van der Waals surface area contributed by atoms with Gasteiger partial charge in [-0.3, -0.25) is 0 Å². The van der Waals surface area contributed by atoms with Gasteiger partial charge in [0, 0.05) is 13.2 Å². The zero-order valence-electron chi connectivity index (χ0n) is 14.4. The Balaban J connectivity index is 5.05. The van der Waals surface area contributed by atoms with Crippen molar-refractivity contribution in [1.29, 1.82) is 0 Å². The second-order valence-corrected chi connectivity index (χ2v) is 8.54. The van der Waals surface area contributed by atoms with Crippen LogP contribution in [-0.4, -0.2) is 45.4 Å². The summed E-state index contributed by atoms with van der Waals surface area (Å²) in [6.45, 7) is 13.5. The molecule has 0 aromatic heterocycles. The molecular formula is C14H31NO5Si. The van der Waals surface area contributed by atoms with Crippen LogP contribution in [0.3, 0.4) is 0 Å². The van der Waals surface area contributed by atoms with Crippen molar-refractivity contribution in [1.82, 2.24) is 0 Å². The first-order chi connectivity index (χ1) is 9.61. The van der Waals surface area contributed by atoms with Crippen LogP contribution in [0.4, 0.5) is 0 Å². The van der Waals surface area contributed by atoms with E-state index in [1.165, 1.54) is 0 Å². The van der Waals surface area contributed by atoms with Gasteiger partial charge in [-0.05, 0) is 48.0 Å². The third-order valence-corrected chi connectivity index (χ3v) is 6.05. The van der Waals surface area contributed by atoms with Crippen molar-refractivity contribution in [2.24, 2.45) is 5.73 Å². The van der Waals surface area contributed by atoms with Crippen LogP contribution >= 0.6 is 0 Å². The number of carbonyl (C=O) groups excluding carboxylic acids is 1. The highest BCUT2D eigenvalue weighted by Gasteiger charge is 2.49. The lowest BCUT2D eigenvalue weighted by molar-refractivity contribution is -0.165. The van der Waals surface area contributed by atoms with Crippen molar-refractivity contribution in [3.8, 4) is 0 Å². The van der Waals surface area contributed by atoms with E-state index in [0.717, 1.165) is 0 Å². The van der Waals surface area contributed by atoms with E-state index < -0.39 is 26.5 Å². The molecule has 0 aliphatic rings. The van der Waals surface area contributed by atoms with Crippen molar-refractivity contribution >= 4 is 14.8 Å². The molecule has 2 N–H and O–H groups in total. The normalized spacial score (nSPS) is 15.6. The Labute approximate surface area is 129 Å². The largest absolute Gasteiger partial charge is 0.519 e. The van der Waals surface area contributed by atoms with Crippen LogP contribution in [0.15, 0.2) is 0 Å². The summed E-state index contributed by atoms with van der Waals surface area (Å²) in [6.07, 6.45) is -0.139. The third kappa shape index (κ3) is 6.88. The fourth-order valence-electron chi connectivity index (χ4n) is 1.74. The summed E-state index contributed by atoms with van der Waals surface area (Å²) in [6, 6.07) is 0. The second kappa shape index (κ2) is 8.85. The molecular weight excluding hydrogens is 290 g/mol. The van der Waals surface area contributed by atoms with Crippen LogP contribution in [0.25, 0.3) is 0 Å². The fourth-order valence-corrected chi connectivity index (χ4v) is 4.46. The van der Waals surface area contributed by atoms with Crippen LogP contribution in [0.2, 0.25) is 0 Å². The van der Waals surface area contributed by atoms with Gasteiger partial charge in [-0.15, -0.1) is 0 Å². The van der Waals surface area contributed by atoms with E-state index in [0.29, 0.717) is 19.6 Å². The van der Waals surface area contributed by atoms with E-state index in [2.05, 4.69) is 0 Å². The molecule has 126 valence electrons. The molecule has 0 amide bonds. The average Bonchev–Trinajstić information content (AvgIpc) is 2.36. The van der Waals surface area contributed by atoms with Crippen molar-refractivity contribution in [2.75, 3.05) is 13.2 Å². The van der Waals surface area contributed by atoms with Gasteiger partial charge in [0.2, 0.25) is 0 Å². The molecule has 0 aromatic carbocycles. The van der Waals surface area contributed by atoms with E-state index in [-0.39, 0.29) is 5.67 Å². The molecule has 0 spiro atoms. The van der Waals surface area contributed by atoms with Gasteiger partial charge in [0.15, 0.2) is 0 Å². The molecule has 0 aliphatic carbocycles. The first kappa shape index (κ1) is 20.5. The number of rotatable bonds is 9. The molecule has 2 unspecified atom stereocenters. The molecule has 0 saturated heterocycles. The molecule has 0 bridgehead atoms. The highest BCUT2D eigenvalue weighted by atomic mass is 28.4. The number of carbonyl (C=O) groups is 1. The average molecular weight is 321 g/mol. The highest BCUT2D eigenvalue weighted by molar-refractivity contribution is 6.62. The van der Waals surface area contributed by atoms with E-state index in [1.807, 2.05) is 41.5 Å². The van der Waals surface area contributed by atoms with Gasteiger partial charge in [-0.1, -0.05) is 6.92 Å². The number of esters is 1. The molecule has 0 aromatic rings. The van der Waals surface area contributed by atoms with Crippen molar-refractivity contribution in [3.63, 3.8) is 0 Å². The maximum atomic E-state index is 12.1. The Morgan fingerprint density at radius 2 is 1.62 bits per heavy atom. The minimum Gasteiger partial charge on any atom is -0.458 e. The molecule has 21 heavy (non-hydrogen) atoms. The number of hydrogen-bond donors (Lipinski definition) is 1. The van der Waals surface area contributed by atoms with Crippen LogP contribution in [0.1, 0.15) is 54.9 Å². The Bertz CT molecular complexity index is 313. The van der Waals surface area contributed by atoms with Gasteiger partial charge in [0.05, 0.1) is 5.67 Å². The molecule has 0 aliphatic heterocycles. The van der Waals surface area contributed by atoms with Gasteiger partial charge in [-0.25, -0.2) is 4.79 Å². The summed E-state index contributed by atoms with van der Waals surface area (Å²) in [5, 5.41) is 0. The van der Waals surface area contributed by atoms with Crippen LogP contribution in [-0.2, 0) is 22.8 Å². The number of ether oxygens (including phenoxy) is 1. The van der Waals surface area contributed by atoms with Gasteiger partial charge < -0.3 is 23.7 Å². The Morgan fingerprint density at radius 3 is 1.95 bits per heavy atom. The Morgan fingerprint density at radius 1 is 1.14 bits per heavy atom. The van der Waals surface area contributed by atoms with Gasteiger partial charge in [-0.2, -0.15) is 0 Å². The highest BCUT2D eigenvalue weighted by Crippen LogP contribution is 2.20. The lowest BCUT2D eigenvalue weighted by atomic mass is 10.2. The maximum absolute atomic E-state index is 12.1. The molecule has 0 saturated carbocycles. The first-order valence-electron chi connectivity index (χ1n) is 7.56. The van der Waals surface area contributed by atoms with Crippen LogP contribution in [0, 0.1) is 0 Å². The summed E-state index contributed by atoms with van der Waals surface area (Å²) < 4.78 is 22.7. The zero-order chi connectivity index (χ0) is 16.7. The number of nitrogens with two attached hydrogens (primary N) is 1. The van der Waals surface area contributed by atoms with Crippen LogP contribution < -0.4 is 5.73 Å². The lowest BCUT2D eigenvalue weighted by Crippen LogP contribution is -2.62. The molecule has 0 fully saturated rings. The zero-order valence-corrected chi connectivity index (χ0v) is 15.4. The van der Waals surface area contributed by atoms with Crippen molar-refractivity contribution < 1.29 is 22.8 Å². The molecule has 7 heteroatoms. The topological polar surface area (TPSA) is 80.0 Å². The quantitative estimate of drug-likeness (QED) is 0.517. The fraction of sp³-hybridized carbons (Fsp3) is 0.929. The van der Waals surface area contributed by atoms with Gasteiger partial charge in [0.1, 0.15) is 11.7 Å². The van der Waals surface area contributed by atoms with Gasteiger partial charge in [0.25, 0.3) is 0 Å². The summed E-state index contributed by atoms with van der Waals surface area (Å²) in [4.78, 5) is 12.1. The molecule has 0 heterocycles. The first-order valence-corrected chi connectivity index (χ1v) is 9.36. The van der Waals surface area contributed by atoms with E-state index in [9.17, 15) is 4.79 Å². The van der Waals surface area contributed by atoms with E-state index >= 15 is 0 Å². The summed E-state index contributed by atoms with van der Waals surface area (Å²) in [5.41, 5.74) is 5.20. The van der Waals surface area contributed by atoms with Crippen molar-refractivity contribution in [3.05, 3.63) is 0 Å².